The molecule has 0 saturated carbocycles. The van der Waals surface area contributed by atoms with E-state index >= 15 is 0 Å². The SMILES string of the molecule is Oc1cc(-c2ccc3ccccc3c2)ccc1F. The molecule has 0 atom stereocenters. The second kappa shape index (κ2) is 4.15. The van der Waals surface area contributed by atoms with E-state index in [0.29, 0.717) is 0 Å². The maximum atomic E-state index is 13.0. The van der Waals surface area contributed by atoms with Gasteiger partial charge in [-0.2, -0.15) is 0 Å². The van der Waals surface area contributed by atoms with Crippen LogP contribution in [0.25, 0.3) is 21.9 Å². The Morgan fingerprint density at radius 3 is 2.17 bits per heavy atom. The Labute approximate surface area is 104 Å². The van der Waals surface area contributed by atoms with Crippen molar-refractivity contribution in [1.29, 1.82) is 0 Å². The first-order chi connectivity index (χ1) is 8.74. The van der Waals surface area contributed by atoms with Crippen LogP contribution < -0.4 is 0 Å². The quantitative estimate of drug-likeness (QED) is 0.668. The van der Waals surface area contributed by atoms with Gasteiger partial charge in [-0.1, -0.05) is 42.5 Å². The second-order valence-corrected chi connectivity index (χ2v) is 4.23. The monoisotopic (exact) mass is 238 g/mol. The number of rotatable bonds is 1. The molecular weight excluding hydrogens is 227 g/mol. The third-order valence-corrected chi connectivity index (χ3v) is 3.03. The average molecular weight is 238 g/mol. The van der Waals surface area contributed by atoms with Crippen molar-refractivity contribution >= 4 is 10.8 Å². The minimum Gasteiger partial charge on any atom is -0.505 e. The zero-order chi connectivity index (χ0) is 12.5. The molecule has 2 heteroatoms. The van der Waals surface area contributed by atoms with Crippen molar-refractivity contribution in [2.24, 2.45) is 0 Å². The summed E-state index contributed by atoms with van der Waals surface area (Å²) in [6, 6.07) is 18.4. The number of benzene rings is 3. The molecule has 0 aromatic heterocycles. The van der Waals surface area contributed by atoms with Crippen LogP contribution in [0, 0.1) is 5.82 Å². The molecule has 0 radical (unpaired) electrons. The standard InChI is InChI=1S/C16H11FO/c17-15-8-7-14(10-16(15)18)13-6-5-11-3-1-2-4-12(11)9-13/h1-10,18H. The van der Waals surface area contributed by atoms with Gasteiger partial charge in [0.1, 0.15) is 0 Å². The van der Waals surface area contributed by atoms with Crippen LogP contribution in [0.2, 0.25) is 0 Å². The van der Waals surface area contributed by atoms with E-state index in [9.17, 15) is 9.50 Å². The zero-order valence-electron chi connectivity index (χ0n) is 9.60. The van der Waals surface area contributed by atoms with Crippen molar-refractivity contribution < 1.29 is 9.50 Å². The molecule has 0 unspecified atom stereocenters. The molecule has 0 heterocycles. The third kappa shape index (κ3) is 1.82. The second-order valence-electron chi connectivity index (χ2n) is 4.23. The van der Waals surface area contributed by atoms with Crippen molar-refractivity contribution in [2.45, 2.75) is 0 Å². The van der Waals surface area contributed by atoms with Crippen LogP contribution in [0.1, 0.15) is 0 Å². The number of phenolic OH excluding ortho intramolecular Hbond substituents is 1. The van der Waals surface area contributed by atoms with Crippen LogP contribution in [-0.4, -0.2) is 5.11 Å². The highest BCUT2D eigenvalue weighted by molar-refractivity contribution is 5.87. The maximum Gasteiger partial charge on any atom is 0.164 e. The molecule has 18 heavy (non-hydrogen) atoms. The summed E-state index contributed by atoms with van der Waals surface area (Å²) in [5.74, 6) is -0.916. The molecule has 0 aliphatic carbocycles. The van der Waals surface area contributed by atoms with Crippen LogP contribution in [0.15, 0.2) is 60.7 Å². The van der Waals surface area contributed by atoms with E-state index in [-0.39, 0.29) is 5.75 Å². The normalized spacial score (nSPS) is 10.7. The Balaban J connectivity index is 2.16. The average Bonchev–Trinajstić information content (AvgIpc) is 2.41. The van der Waals surface area contributed by atoms with Gasteiger partial charge >= 0.3 is 0 Å². The molecule has 88 valence electrons. The molecule has 0 bridgehead atoms. The van der Waals surface area contributed by atoms with E-state index in [1.54, 1.807) is 6.07 Å². The van der Waals surface area contributed by atoms with Crippen LogP contribution in [-0.2, 0) is 0 Å². The van der Waals surface area contributed by atoms with Crippen molar-refractivity contribution in [1.82, 2.24) is 0 Å². The maximum absolute atomic E-state index is 13.0. The molecule has 3 aromatic rings. The van der Waals surface area contributed by atoms with Crippen LogP contribution in [0.4, 0.5) is 4.39 Å². The lowest BCUT2D eigenvalue weighted by Gasteiger charge is -2.05. The lowest BCUT2D eigenvalue weighted by molar-refractivity contribution is 0.433. The number of halogens is 1. The number of aromatic hydroxyl groups is 1. The highest BCUT2D eigenvalue weighted by Gasteiger charge is 2.04. The lowest BCUT2D eigenvalue weighted by Crippen LogP contribution is -1.81. The van der Waals surface area contributed by atoms with Gasteiger partial charge in [-0.15, -0.1) is 0 Å². The van der Waals surface area contributed by atoms with E-state index in [1.807, 2.05) is 42.5 Å². The predicted octanol–water partition coefficient (Wildman–Crippen LogP) is 4.35. The van der Waals surface area contributed by atoms with Gasteiger partial charge in [0.15, 0.2) is 11.6 Å². The fourth-order valence-electron chi connectivity index (χ4n) is 2.06. The minimum absolute atomic E-state index is 0.319. The summed E-state index contributed by atoms with van der Waals surface area (Å²) in [4.78, 5) is 0. The summed E-state index contributed by atoms with van der Waals surface area (Å²) in [5.41, 5.74) is 1.77. The smallest absolute Gasteiger partial charge is 0.164 e. The van der Waals surface area contributed by atoms with Crippen LogP contribution in [0.3, 0.4) is 0 Å². The molecule has 0 saturated heterocycles. The van der Waals surface area contributed by atoms with Crippen LogP contribution >= 0.6 is 0 Å². The lowest BCUT2D eigenvalue weighted by atomic mass is 10.0. The van der Waals surface area contributed by atoms with Crippen LogP contribution in [0.5, 0.6) is 5.75 Å². The third-order valence-electron chi connectivity index (χ3n) is 3.03. The number of hydrogen-bond acceptors (Lipinski definition) is 1. The van der Waals surface area contributed by atoms with Gasteiger partial charge in [-0.05, 0) is 40.1 Å². The zero-order valence-corrected chi connectivity index (χ0v) is 9.60. The molecular formula is C16H11FO. The molecule has 0 aliphatic rings. The van der Waals surface area contributed by atoms with Crippen molar-refractivity contribution in [3.63, 3.8) is 0 Å². The first-order valence-electron chi connectivity index (χ1n) is 5.72. The summed E-state index contributed by atoms with van der Waals surface area (Å²) >= 11 is 0. The van der Waals surface area contributed by atoms with Gasteiger partial charge in [0, 0.05) is 0 Å². The Morgan fingerprint density at radius 1 is 0.722 bits per heavy atom. The molecule has 3 aromatic carbocycles. The molecule has 0 amide bonds. The molecule has 1 nitrogen and oxygen atoms in total. The largest absolute Gasteiger partial charge is 0.505 e. The first kappa shape index (κ1) is 10.8. The summed E-state index contributed by atoms with van der Waals surface area (Å²) in [7, 11) is 0. The fraction of sp³-hybridized carbons (Fsp3) is 0. The Kier molecular flexibility index (Phi) is 2.49. The topological polar surface area (TPSA) is 20.2 Å². The van der Waals surface area contributed by atoms with Gasteiger partial charge in [-0.3, -0.25) is 0 Å². The highest BCUT2D eigenvalue weighted by atomic mass is 19.1. The number of phenols is 1. The van der Waals surface area contributed by atoms with E-state index in [0.717, 1.165) is 21.9 Å². The van der Waals surface area contributed by atoms with Gasteiger partial charge in [0.25, 0.3) is 0 Å². The summed E-state index contributed by atoms with van der Waals surface area (Å²) in [6.07, 6.45) is 0. The molecule has 0 fully saturated rings. The first-order valence-corrected chi connectivity index (χ1v) is 5.72. The van der Waals surface area contributed by atoms with Gasteiger partial charge in [-0.25, -0.2) is 4.39 Å². The number of fused-ring (bicyclic) bond motifs is 1. The van der Waals surface area contributed by atoms with E-state index in [2.05, 4.69) is 0 Å². The van der Waals surface area contributed by atoms with Crippen molar-refractivity contribution in [3.8, 4) is 16.9 Å². The summed E-state index contributed by atoms with van der Waals surface area (Å²) in [5, 5.41) is 11.7. The van der Waals surface area contributed by atoms with Gasteiger partial charge < -0.3 is 5.11 Å². The summed E-state index contributed by atoms with van der Waals surface area (Å²) in [6.45, 7) is 0. The van der Waals surface area contributed by atoms with Crippen molar-refractivity contribution in [2.75, 3.05) is 0 Å². The minimum atomic E-state index is -0.598. The highest BCUT2D eigenvalue weighted by Crippen LogP contribution is 2.28. The number of hydrogen-bond donors (Lipinski definition) is 1. The molecule has 3 rings (SSSR count). The van der Waals surface area contributed by atoms with E-state index < -0.39 is 5.82 Å². The Bertz CT molecular complexity index is 719. The fourth-order valence-corrected chi connectivity index (χ4v) is 2.06. The van der Waals surface area contributed by atoms with Crippen molar-refractivity contribution in [3.05, 3.63) is 66.5 Å². The predicted molar refractivity (Wildman–Crippen MR) is 71.0 cm³/mol. The molecule has 1 N–H and O–H groups in total. The van der Waals surface area contributed by atoms with Gasteiger partial charge in [0.05, 0.1) is 0 Å². The van der Waals surface area contributed by atoms with Gasteiger partial charge in [0.2, 0.25) is 0 Å². The molecule has 0 aliphatic heterocycles. The Morgan fingerprint density at radius 2 is 1.39 bits per heavy atom. The summed E-state index contributed by atoms with van der Waals surface area (Å²) < 4.78 is 13.0. The Hall–Kier alpha value is -2.35. The van der Waals surface area contributed by atoms with E-state index in [1.165, 1.54) is 12.1 Å². The van der Waals surface area contributed by atoms with E-state index in [4.69, 9.17) is 0 Å². The molecule has 0 spiro atoms.